The lowest BCUT2D eigenvalue weighted by atomic mass is 9.79. The maximum Gasteiger partial charge on any atom is 0.0127 e. The molecule has 0 spiro atoms. The van der Waals surface area contributed by atoms with Gasteiger partial charge in [0.05, 0.1) is 0 Å². The molecule has 66 valence electrons. The molecule has 0 saturated carbocycles. The van der Waals surface area contributed by atoms with Crippen LogP contribution in [0.25, 0.3) is 0 Å². The zero-order valence-electron chi connectivity index (χ0n) is 8.28. The van der Waals surface area contributed by atoms with Gasteiger partial charge in [-0.1, -0.05) is 13.8 Å². The second-order valence-corrected chi connectivity index (χ2v) is 4.81. The lowest BCUT2D eigenvalue weighted by Crippen LogP contribution is -2.47. The molecule has 1 heteroatoms. The lowest BCUT2D eigenvalue weighted by molar-refractivity contribution is 0.189. The smallest absolute Gasteiger partial charge is 0.0127 e. The van der Waals surface area contributed by atoms with E-state index in [2.05, 4.69) is 33.0 Å². The van der Waals surface area contributed by atoms with E-state index >= 15 is 0 Å². The molecule has 1 aliphatic heterocycles. The van der Waals surface area contributed by atoms with Crippen LogP contribution in [0.5, 0.6) is 0 Å². The fraction of sp³-hybridized carbons (Fsp3) is 1.00. The van der Waals surface area contributed by atoms with E-state index in [1.165, 1.54) is 19.4 Å². The molecule has 0 radical (unpaired) electrons. The summed E-state index contributed by atoms with van der Waals surface area (Å²) < 4.78 is 0. The Morgan fingerprint density at radius 1 is 1.36 bits per heavy atom. The minimum Gasteiger partial charge on any atom is -0.312 e. The third-order valence-electron chi connectivity index (χ3n) is 2.83. The minimum absolute atomic E-state index is 0.382. The summed E-state index contributed by atoms with van der Waals surface area (Å²) in [6, 6.07) is 0. The van der Waals surface area contributed by atoms with E-state index in [-0.39, 0.29) is 0 Å². The Labute approximate surface area is 70.6 Å². The SMILES string of the molecule is CC(C)C1CCNC(C)(C)C1. The van der Waals surface area contributed by atoms with Crippen molar-refractivity contribution in [3.63, 3.8) is 0 Å². The summed E-state index contributed by atoms with van der Waals surface area (Å²) in [6.45, 7) is 10.5. The minimum atomic E-state index is 0.382. The third-order valence-corrected chi connectivity index (χ3v) is 2.83. The number of piperidine rings is 1. The molecule has 0 aromatic carbocycles. The molecule has 1 heterocycles. The van der Waals surface area contributed by atoms with Crippen molar-refractivity contribution in [2.24, 2.45) is 11.8 Å². The summed E-state index contributed by atoms with van der Waals surface area (Å²) in [5.74, 6) is 1.79. The maximum atomic E-state index is 3.54. The molecule has 1 N–H and O–H groups in total. The topological polar surface area (TPSA) is 12.0 Å². The molecule has 0 bridgehead atoms. The molecule has 1 fully saturated rings. The van der Waals surface area contributed by atoms with Crippen LogP contribution in [0.2, 0.25) is 0 Å². The van der Waals surface area contributed by atoms with Crippen molar-refractivity contribution in [2.75, 3.05) is 6.54 Å². The molecule has 1 atom stereocenters. The van der Waals surface area contributed by atoms with E-state index < -0.39 is 0 Å². The first kappa shape index (κ1) is 9.05. The second kappa shape index (κ2) is 3.14. The van der Waals surface area contributed by atoms with Crippen molar-refractivity contribution in [2.45, 2.75) is 46.1 Å². The Hall–Kier alpha value is -0.0400. The molecule has 0 aromatic heterocycles. The van der Waals surface area contributed by atoms with Gasteiger partial charge in [-0.2, -0.15) is 0 Å². The molecule has 1 rings (SSSR count). The van der Waals surface area contributed by atoms with Crippen LogP contribution in [0.4, 0.5) is 0 Å². The van der Waals surface area contributed by atoms with E-state index in [0.717, 1.165) is 11.8 Å². The van der Waals surface area contributed by atoms with Gasteiger partial charge in [0.15, 0.2) is 0 Å². The zero-order valence-corrected chi connectivity index (χ0v) is 8.28. The van der Waals surface area contributed by atoms with Crippen LogP contribution in [0.3, 0.4) is 0 Å². The third kappa shape index (κ3) is 2.48. The fourth-order valence-electron chi connectivity index (χ4n) is 1.99. The largest absolute Gasteiger partial charge is 0.312 e. The standard InChI is InChI=1S/C10H21N/c1-8(2)9-5-6-11-10(3,4)7-9/h8-9,11H,5-7H2,1-4H3. The van der Waals surface area contributed by atoms with E-state index in [4.69, 9.17) is 0 Å². The molecular weight excluding hydrogens is 134 g/mol. The maximum absolute atomic E-state index is 3.54. The monoisotopic (exact) mass is 155 g/mol. The van der Waals surface area contributed by atoms with Crippen LogP contribution in [0, 0.1) is 11.8 Å². The highest BCUT2D eigenvalue weighted by atomic mass is 15.0. The van der Waals surface area contributed by atoms with Gasteiger partial charge in [-0.25, -0.2) is 0 Å². The predicted octanol–water partition coefficient (Wildman–Crippen LogP) is 2.42. The van der Waals surface area contributed by atoms with Gasteiger partial charge >= 0.3 is 0 Å². The quantitative estimate of drug-likeness (QED) is 0.613. The van der Waals surface area contributed by atoms with Gasteiger partial charge < -0.3 is 5.32 Å². The van der Waals surface area contributed by atoms with Crippen molar-refractivity contribution in [3.8, 4) is 0 Å². The Morgan fingerprint density at radius 2 is 2.00 bits per heavy atom. The van der Waals surface area contributed by atoms with Crippen LogP contribution < -0.4 is 5.32 Å². The van der Waals surface area contributed by atoms with Crippen LogP contribution in [-0.2, 0) is 0 Å². The van der Waals surface area contributed by atoms with E-state index in [1.807, 2.05) is 0 Å². The van der Waals surface area contributed by atoms with Gasteiger partial charge in [0, 0.05) is 5.54 Å². The van der Waals surface area contributed by atoms with Crippen LogP contribution in [-0.4, -0.2) is 12.1 Å². The lowest BCUT2D eigenvalue weighted by Gasteiger charge is -2.38. The molecule has 0 aromatic rings. The van der Waals surface area contributed by atoms with Crippen molar-refractivity contribution in [1.29, 1.82) is 0 Å². The van der Waals surface area contributed by atoms with Gasteiger partial charge in [-0.15, -0.1) is 0 Å². The van der Waals surface area contributed by atoms with Gasteiger partial charge in [-0.3, -0.25) is 0 Å². The average Bonchev–Trinajstić information content (AvgIpc) is 1.85. The Balaban J connectivity index is 2.46. The highest BCUT2D eigenvalue weighted by molar-refractivity contribution is 4.86. The van der Waals surface area contributed by atoms with Gasteiger partial charge in [0.1, 0.15) is 0 Å². The van der Waals surface area contributed by atoms with Crippen molar-refractivity contribution >= 4 is 0 Å². The van der Waals surface area contributed by atoms with Gasteiger partial charge in [0.2, 0.25) is 0 Å². The molecule has 1 aliphatic rings. The van der Waals surface area contributed by atoms with Crippen molar-refractivity contribution in [1.82, 2.24) is 5.32 Å². The summed E-state index contributed by atoms with van der Waals surface area (Å²) >= 11 is 0. The first-order valence-corrected chi connectivity index (χ1v) is 4.76. The zero-order chi connectivity index (χ0) is 8.48. The molecule has 1 saturated heterocycles. The van der Waals surface area contributed by atoms with E-state index in [0.29, 0.717) is 5.54 Å². The van der Waals surface area contributed by atoms with Crippen LogP contribution in [0.1, 0.15) is 40.5 Å². The highest BCUT2D eigenvalue weighted by Gasteiger charge is 2.28. The van der Waals surface area contributed by atoms with Crippen LogP contribution >= 0.6 is 0 Å². The molecule has 0 aliphatic carbocycles. The number of nitrogens with one attached hydrogen (secondary N) is 1. The van der Waals surface area contributed by atoms with Gasteiger partial charge in [0.25, 0.3) is 0 Å². The fourth-order valence-corrected chi connectivity index (χ4v) is 1.99. The normalized spacial score (nSPS) is 30.8. The summed E-state index contributed by atoms with van der Waals surface area (Å²) in [5, 5.41) is 3.54. The summed E-state index contributed by atoms with van der Waals surface area (Å²) in [7, 11) is 0. The molecule has 11 heavy (non-hydrogen) atoms. The average molecular weight is 155 g/mol. The van der Waals surface area contributed by atoms with E-state index in [9.17, 15) is 0 Å². The van der Waals surface area contributed by atoms with Gasteiger partial charge in [-0.05, 0) is 45.1 Å². The predicted molar refractivity (Wildman–Crippen MR) is 49.6 cm³/mol. The van der Waals surface area contributed by atoms with Crippen molar-refractivity contribution in [3.05, 3.63) is 0 Å². The highest BCUT2D eigenvalue weighted by Crippen LogP contribution is 2.29. The van der Waals surface area contributed by atoms with Crippen molar-refractivity contribution < 1.29 is 0 Å². The number of hydrogen-bond acceptors (Lipinski definition) is 1. The first-order valence-electron chi connectivity index (χ1n) is 4.76. The first-order chi connectivity index (χ1) is 5.01. The Kier molecular flexibility index (Phi) is 2.58. The molecule has 0 amide bonds. The molecule has 1 unspecified atom stereocenters. The Bertz CT molecular complexity index is 127. The molecular formula is C10H21N. The van der Waals surface area contributed by atoms with Crippen LogP contribution in [0.15, 0.2) is 0 Å². The van der Waals surface area contributed by atoms with E-state index in [1.54, 1.807) is 0 Å². The number of hydrogen-bond donors (Lipinski definition) is 1. The summed E-state index contributed by atoms with van der Waals surface area (Å²) in [5.41, 5.74) is 0.382. The Morgan fingerprint density at radius 3 is 2.36 bits per heavy atom. The second-order valence-electron chi connectivity index (χ2n) is 4.81. The summed E-state index contributed by atoms with van der Waals surface area (Å²) in [6.07, 6.45) is 2.70. The summed E-state index contributed by atoms with van der Waals surface area (Å²) in [4.78, 5) is 0. The number of rotatable bonds is 1. The molecule has 1 nitrogen and oxygen atoms in total.